The number of piperidine rings is 1. The molecule has 0 aromatic heterocycles. The second-order valence-electron chi connectivity index (χ2n) is 6.96. The van der Waals surface area contributed by atoms with E-state index in [2.05, 4.69) is 37.7 Å². The molecule has 2 aliphatic heterocycles. The molecule has 2 fully saturated rings. The van der Waals surface area contributed by atoms with E-state index in [9.17, 15) is 0 Å². The number of rotatable bonds is 4. The van der Waals surface area contributed by atoms with Gasteiger partial charge in [0.1, 0.15) is 0 Å². The normalized spacial score (nSPS) is 34.6. The molecular formula is C14H29N3. The van der Waals surface area contributed by atoms with Gasteiger partial charge in [-0.1, -0.05) is 13.8 Å². The number of fused-ring (bicyclic) bond motifs is 2. The summed E-state index contributed by atoms with van der Waals surface area (Å²) in [7, 11) is 4.59. The molecular weight excluding hydrogens is 210 g/mol. The molecule has 2 atom stereocenters. The van der Waals surface area contributed by atoms with Crippen molar-refractivity contribution in [3.63, 3.8) is 0 Å². The van der Waals surface area contributed by atoms with E-state index in [0.717, 1.165) is 31.2 Å². The predicted molar refractivity (Wildman–Crippen MR) is 73.1 cm³/mol. The topological polar surface area (TPSA) is 32.5 Å². The third kappa shape index (κ3) is 2.83. The highest BCUT2D eigenvalue weighted by molar-refractivity contribution is 4.96. The molecule has 2 N–H and O–H groups in total. The van der Waals surface area contributed by atoms with Gasteiger partial charge < -0.3 is 15.5 Å². The molecule has 0 aliphatic carbocycles. The molecule has 0 amide bonds. The van der Waals surface area contributed by atoms with Crippen LogP contribution in [0.2, 0.25) is 0 Å². The van der Waals surface area contributed by atoms with E-state index in [1.165, 1.54) is 25.7 Å². The van der Waals surface area contributed by atoms with Crippen LogP contribution in [0.1, 0.15) is 39.5 Å². The number of nitrogens with two attached hydrogens (primary N) is 1. The van der Waals surface area contributed by atoms with Crippen molar-refractivity contribution in [2.45, 2.75) is 57.7 Å². The minimum Gasteiger partial charge on any atom is -0.330 e. The molecule has 3 nitrogen and oxygen atoms in total. The summed E-state index contributed by atoms with van der Waals surface area (Å²) in [6.45, 7) is 6.44. The molecule has 17 heavy (non-hydrogen) atoms. The second-order valence-corrected chi connectivity index (χ2v) is 6.96. The van der Waals surface area contributed by atoms with Crippen molar-refractivity contribution < 1.29 is 0 Å². The highest BCUT2D eigenvalue weighted by atomic mass is 15.2. The molecule has 0 saturated carbocycles. The monoisotopic (exact) mass is 239 g/mol. The first-order valence-corrected chi connectivity index (χ1v) is 7.05. The molecule has 2 saturated heterocycles. The largest absolute Gasteiger partial charge is 0.330 e. The van der Waals surface area contributed by atoms with Crippen LogP contribution in [0.3, 0.4) is 0 Å². The van der Waals surface area contributed by atoms with Crippen molar-refractivity contribution >= 4 is 0 Å². The molecule has 3 heteroatoms. The van der Waals surface area contributed by atoms with E-state index in [4.69, 9.17) is 5.73 Å². The quantitative estimate of drug-likeness (QED) is 0.807. The Kier molecular flexibility index (Phi) is 3.81. The Balaban J connectivity index is 1.91. The van der Waals surface area contributed by atoms with Crippen molar-refractivity contribution in [1.82, 2.24) is 9.80 Å². The maximum atomic E-state index is 5.84. The molecule has 0 radical (unpaired) electrons. The zero-order valence-corrected chi connectivity index (χ0v) is 11.9. The summed E-state index contributed by atoms with van der Waals surface area (Å²) < 4.78 is 0. The molecule has 0 aromatic carbocycles. The molecule has 2 bridgehead atoms. The van der Waals surface area contributed by atoms with Crippen LogP contribution in [0.5, 0.6) is 0 Å². The third-order valence-electron chi connectivity index (χ3n) is 4.93. The minimum absolute atomic E-state index is 0.247. The van der Waals surface area contributed by atoms with Gasteiger partial charge in [-0.25, -0.2) is 0 Å². The Hall–Kier alpha value is -0.120. The summed E-state index contributed by atoms with van der Waals surface area (Å²) in [6, 6.07) is 2.44. The van der Waals surface area contributed by atoms with Crippen LogP contribution in [0, 0.1) is 5.41 Å². The van der Waals surface area contributed by atoms with Gasteiger partial charge in [0.25, 0.3) is 0 Å². The lowest BCUT2D eigenvalue weighted by atomic mass is 9.90. The van der Waals surface area contributed by atoms with Gasteiger partial charge >= 0.3 is 0 Å². The average Bonchev–Trinajstić information content (AvgIpc) is 2.53. The van der Waals surface area contributed by atoms with Gasteiger partial charge in [0.15, 0.2) is 0 Å². The Morgan fingerprint density at radius 3 is 2.24 bits per heavy atom. The molecule has 2 unspecified atom stereocenters. The zero-order valence-electron chi connectivity index (χ0n) is 11.9. The van der Waals surface area contributed by atoms with Crippen LogP contribution in [-0.2, 0) is 0 Å². The third-order valence-corrected chi connectivity index (χ3v) is 4.93. The van der Waals surface area contributed by atoms with Gasteiger partial charge in [0.2, 0.25) is 0 Å². The number of nitrogens with zero attached hydrogens (tertiary/aromatic N) is 2. The number of hydrogen-bond donors (Lipinski definition) is 1. The van der Waals surface area contributed by atoms with Crippen LogP contribution in [0.15, 0.2) is 0 Å². The van der Waals surface area contributed by atoms with Crippen molar-refractivity contribution in [2.24, 2.45) is 11.1 Å². The average molecular weight is 239 g/mol. The molecule has 100 valence electrons. The fourth-order valence-corrected chi connectivity index (χ4v) is 3.61. The summed E-state index contributed by atoms with van der Waals surface area (Å²) in [5, 5.41) is 0. The van der Waals surface area contributed by atoms with E-state index in [1.54, 1.807) is 0 Å². The molecule has 2 heterocycles. The van der Waals surface area contributed by atoms with Crippen molar-refractivity contribution in [2.75, 3.05) is 27.2 Å². The lowest BCUT2D eigenvalue weighted by molar-refractivity contribution is 0.0703. The second kappa shape index (κ2) is 4.87. The van der Waals surface area contributed by atoms with Crippen molar-refractivity contribution in [3.05, 3.63) is 0 Å². The maximum absolute atomic E-state index is 5.84. The maximum Gasteiger partial charge on any atom is 0.0122 e. The van der Waals surface area contributed by atoms with Crippen LogP contribution in [0.4, 0.5) is 0 Å². The van der Waals surface area contributed by atoms with Gasteiger partial charge in [-0.05, 0) is 51.7 Å². The summed E-state index contributed by atoms with van der Waals surface area (Å²) >= 11 is 0. The summed E-state index contributed by atoms with van der Waals surface area (Å²) in [5.74, 6) is 0. The van der Waals surface area contributed by atoms with Crippen LogP contribution >= 0.6 is 0 Å². The summed E-state index contributed by atoms with van der Waals surface area (Å²) in [5.41, 5.74) is 6.09. The first-order chi connectivity index (χ1) is 7.93. The van der Waals surface area contributed by atoms with Gasteiger partial charge in [0, 0.05) is 24.7 Å². The summed E-state index contributed by atoms with van der Waals surface area (Å²) in [6.07, 6.45) is 5.52. The van der Waals surface area contributed by atoms with Gasteiger partial charge in [-0.15, -0.1) is 0 Å². The molecule has 2 rings (SSSR count). The predicted octanol–water partition coefficient (Wildman–Crippen LogP) is 1.53. The standard InChI is InChI=1S/C14H29N3/c1-14(2,9-15)10-16(3)13-7-11-5-6-12(8-13)17(11)4/h11-13H,5-10,15H2,1-4H3. The highest BCUT2D eigenvalue weighted by Gasteiger charge is 2.40. The smallest absolute Gasteiger partial charge is 0.0122 e. The van der Waals surface area contributed by atoms with Gasteiger partial charge in [-0.3, -0.25) is 0 Å². The van der Waals surface area contributed by atoms with Crippen LogP contribution in [0.25, 0.3) is 0 Å². The molecule has 0 spiro atoms. The van der Waals surface area contributed by atoms with E-state index in [0.29, 0.717) is 0 Å². The van der Waals surface area contributed by atoms with Gasteiger partial charge in [-0.2, -0.15) is 0 Å². The first kappa shape index (κ1) is 13.3. The Morgan fingerprint density at radius 1 is 1.24 bits per heavy atom. The van der Waals surface area contributed by atoms with E-state index in [1.807, 2.05) is 0 Å². The van der Waals surface area contributed by atoms with E-state index in [-0.39, 0.29) is 5.41 Å². The Morgan fingerprint density at radius 2 is 1.76 bits per heavy atom. The Bertz CT molecular complexity index is 250. The van der Waals surface area contributed by atoms with E-state index < -0.39 is 0 Å². The lowest BCUT2D eigenvalue weighted by Gasteiger charge is -2.42. The summed E-state index contributed by atoms with van der Waals surface area (Å²) in [4.78, 5) is 5.17. The SMILES string of the molecule is CN(CC(C)(C)CN)C1CC2CCC(C1)N2C. The fraction of sp³-hybridized carbons (Fsp3) is 1.00. The highest BCUT2D eigenvalue weighted by Crippen LogP contribution is 2.36. The van der Waals surface area contributed by atoms with Crippen molar-refractivity contribution in [1.29, 1.82) is 0 Å². The van der Waals surface area contributed by atoms with E-state index >= 15 is 0 Å². The zero-order chi connectivity index (χ0) is 12.6. The lowest BCUT2D eigenvalue weighted by Crippen LogP contribution is -2.50. The van der Waals surface area contributed by atoms with Crippen LogP contribution < -0.4 is 5.73 Å². The number of hydrogen-bond acceptors (Lipinski definition) is 3. The fourth-order valence-electron chi connectivity index (χ4n) is 3.61. The molecule has 0 aromatic rings. The molecule has 2 aliphatic rings. The first-order valence-electron chi connectivity index (χ1n) is 7.05. The minimum atomic E-state index is 0.247. The Labute approximate surface area is 106 Å². The van der Waals surface area contributed by atoms with Crippen LogP contribution in [-0.4, -0.2) is 55.1 Å². The van der Waals surface area contributed by atoms with Crippen molar-refractivity contribution in [3.8, 4) is 0 Å². The van der Waals surface area contributed by atoms with Gasteiger partial charge in [0.05, 0.1) is 0 Å².